The summed E-state index contributed by atoms with van der Waals surface area (Å²) in [5, 5.41) is 0. The highest BCUT2D eigenvalue weighted by Gasteiger charge is 2.19. The Morgan fingerprint density at radius 1 is 1.05 bits per heavy atom. The minimum absolute atomic E-state index is 0.632. The lowest BCUT2D eigenvalue weighted by Gasteiger charge is -2.21. The highest BCUT2D eigenvalue weighted by molar-refractivity contribution is 6.02. The van der Waals surface area contributed by atoms with E-state index in [0.29, 0.717) is 6.61 Å². The van der Waals surface area contributed by atoms with Gasteiger partial charge in [0.15, 0.2) is 5.71 Å². The van der Waals surface area contributed by atoms with Gasteiger partial charge in [-0.1, -0.05) is 12.1 Å². The highest BCUT2D eigenvalue weighted by atomic mass is 16.5. The number of nitrogens with zero attached hydrogens (tertiary/aromatic N) is 1. The first-order chi connectivity index (χ1) is 10.7. The van der Waals surface area contributed by atoms with Crippen LogP contribution in [0.2, 0.25) is 0 Å². The standard InChI is InChI=1S/C19H20NO2/c1-4-21-19-13-18(22-17-8-6-5-7-16(17)19)14-9-11-15(12-10-14)20(2)3/h5-13H,4H2,1-3H3/q+1. The van der Waals surface area contributed by atoms with Gasteiger partial charge in [0.05, 0.1) is 12.2 Å². The second-order valence-corrected chi connectivity index (χ2v) is 5.35. The van der Waals surface area contributed by atoms with Crippen LogP contribution in [0, 0.1) is 0 Å². The smallest absolute Gasteiger partial charge is 0.199 e. The van der Waals surface area contributed by atoms with Crippen molar-refractivity contribution < 1.29 is 14.0 Å². The number of hydrogen-bond donors (Lipinski definition) is 0. The van der Waals surface area contributed by atoms with Gasteiger partial charge in [0, 0.05) is 23.8 Å². The van der Waals surface area contributed by atoms with Crippen molar-refractivity contribution in [2.75, 3.05) is 20.7 Å². The Hall–Kier alpha value is -2.55. The first-order valence-corrected chi connectivity index (χ1v) is 7.45. The molecule has 0 spiro atoms. The molecule has 112 valence electrons. The quantitative estimate of drug-likeness (QED) is 0.778. The maximum Gasteiger partial charge on any atom is 0.199 e. The summed E-state index contributed by atoms with van der Waals surface area (Å²) in [6.07, 6.45) is 10.3. The largest absolute Gasteiger partial charge is 0.493 e. The molecule has 0 saturated heterocycles. The van der Waals surface area contributed by atoms with Crippen LogP contribution in [0.25, 0.3) is 5.76 Å². The molecule has 1 aromatic rings. The third-order valence-electron chi connectivity index (χ3n) is 3.60. The third-order valence-corrected chi connectivity index (χ3v) is 3.60. The molecule has 0 fully saturated rings. The molecule has 1 aliphatic heterocycles. The van der Waals surface area contributed by atoms with Crippen molar-refractivity contribution in [3.8, 4) is 5.75 Å². The molecule has 0 saturated carbocycles. The molecule has 0 aromatic heterocycles. The number of para-hydroxylation sites is 1. The molecule has 3 nitrogen and oxygen atoms in total. The Kier molecular flexibility index (Phi) is 3.96. The van der Waals surface area contributed by atoms with Gasteiger partial charge in [0.1, 0.15) is 31.4 Å². The lowest BCUT2D eigenvalue weighted by Crippen LogP contribution is -2.11. The van der Waals surface area contributed by atoms with E-state index in [-0.39, 0.29) is 0 Å². The Morgan fingerprint density at radius 2 is 1.77 bits per heavy atom. The molecule has 1 heterocycles. The van der Waals surface area contributed by atoms with Crippen LogP contribution in [0.3, 0.4) is 0 Å². The van der Waals surface area contributed by atoms with Gasteiger partial charge < -0.3 is 9.47 Å². The van der Waals surface area contributed by atoms with Gasteiger partial charge >= 0.3 is 0 Å². The fourth-order valence-corrected chi connectivity index (χ4v) is 2.44. The second-order valence-electron chi connectivity index (χ2n) is 5.35. The van der Waals surface area contributed by atoms with Crippen LogP contribution in [0.5, 0.6) is 5.75 Å². The van der Waals surface area contributed by atoms with E-state index in [0.717, 1.165) is 34.1 Å². The van der Waals surface area contributed by atoms with Crippen LogP contribution in [0.15, 0.2) is 66.0 Å². The van der Waals surface area contributed by atoms with Crippen molar-refractivity contribution in [3.63, 3.8) is 0 Å². The van der Waals surface area contributed by atoms with E-state index in [1.807, 2.05) is 51.4 Å². The van der Waals surface area contributed by atoms with Gasteiger partial charge in [-0.3, -0.25) is 0 Å². The van der Waals surface area contributed by atoms with Crippen LogP contribution in [-0.4, -0.2) is 31.0 Å². The molecule has 3 rings (SSSR count). The zero-order valence-corrected chi connectivity index (χ0v) is 13.2. The summed E-state index contributed by atoms with van der Waals surface area (Å²) in [6.45, 7) is 2.62. The van der Waals surface area contributed by atoms with Crippen molar-refractivity contribution in [1.29, 1.82) is 0 Å². The zero-order valence-electron chi connectivity index (χ0n) is 13.2. The van der Waals surface area contributed by atoms with E-state index >= 15 is 0 Å². The molecule has 0 atom stereocenters. The lowest BCUT2D eigenvalue weighted by molar-refractivity contribution is -0.462. The summed E-state index contributed by atoms with van der Waals surface area (Å²) in [4.78, 5) is 0. The van der Waals surface area contributed by atoms with Crippen LogP contribution in [0.4, 0.5) is 0 Å². The zero-order chi connectivity index (χ0) is 15.5. The van der Waals surface area contributed by atoms with Crippen molar-refractivity contribution in [1.82, 2.24) is 0 Å². The number of hydrogen-bond acceptors (Lipinski definition) is 2. The van der Waals surface area contributed by atoms with Crippen molar-refractivity contribution in [3.05, 3.63) is 71.5 Å². The molecule has 0 bridgehead atoms. The van der Waals surface area contributed by atoms with Crippen LogP contribution < -0.4 is 4.74 Å². The van der Waals surface area contributed by atoms with E-state index in [1.165, 1.54) is 0 Å². The van der Waals surface area contributed by atoms with E-state index < -0.39 is 0 Å². The molecule has 0 N–H and O–H groups in total. The normalized spacial score (nSPS) is 16.1. The monoisotopic (exact) mass is 294 g/mol. The molecular weight excluding hydrogens is 274 g/mol. The van der Waals surface area contributed by atoms with Gasteiger partial charge in [-0.2, -0.15) is 0 Å². The molecule has 0 radical (unpaired) electrons. The topological polar surface area (TPSA) is 21.5 Å². The molecule has 1 aromatic carbocycles. The Labute approximate surface area is 131 Å². The summed E-state index contributed by atoms with van der Waals surface area (Å²) < 4.78 is 13.9. The number of rotatable bonds is 2. The van der Waals surface area contributed by atoms with Crippen molar-refractivity contribution in [2.45, 2.75) is 6.92 Å². The number of allylic oxidation sites excluding steroid dienone is 6. The lowest BCUT2D eigenvalue weighted by atomic mass is 10.0. The van der Waals surface area contributed by atoms with E-state index in [4.69, 9.17) is 9.47 Å². The molecule has 0 amide bonds. The minimum atomic E-state index is 0.632. The second kappa shape index (κ2) is 6.06. The summed E-state index contributed by atoms with van der Waals surface area (Å²) >= 11 is 0. The maximum absolute atomic E-state index is 6.04. The summed E-state index contributed by atoms with van der Waals surface area (Å²) in [5.74, 6) is 2.50. The summed E-state index contributed by atoms with van der Waals surface area (Å²) in [7, 11) is 4.06. The van der Waals surface area contributed by atoms with Crippen molar-refractivity contribution in [2.24, 2.45) is 0 Å². The number of benzene rings is 1. The number of fused-ring (bicyclic) bond motifs is 1. The number of ether oxygens (including phenoxy) is 2. The molecule has 3 heteroatoms. The van der Waals surface area contributed by atoms with Gasteiger partial charge in [0.25, 0.3) is 0 Å². The highest BCUT2D eigenvalue weighted by Crippen LogP contribution is 2.35. The SMILES string of the molecule is CCOC1=CC(=C2C=CC(=[N+](C)C)C=C2)Oc2ccccc21. The Bertz CT molecular complexity index is 726. The first kappa shape index (κ1) is 14.4. The third kappa shape index (κ3) is 2.75. The van der Waals surface area contributed by atoms with Gasteiger partial charge in [-0.05, 0) is 31.2 Å². The van der Waals surface area contributed by atoms with Crippen LogP contribution in [-0.2, 0) is 4.74 Å². The fraction of sp³-hybridized carbons (Fsp3) is 0.211. The van der Waals surface area contributed by atoms with E-state index in [9.17, 15) is 0 Å². The molecular formula is C19H20NO2+. The molecule has 22 heavy (non-hydrogen) atoms. The molecule has 2 aliphatic rings. The fourth-order valence-electron chi connectivity index (χ4n) is 2.44. The molecule has 1 aliphatic carbocycles. The van der Waals surface area contributed by atoms with Crippen LogP contribution >= 0.6 is 0 Å². The summed E-state index contributed by atoms with van der Waals surface area (Å²) in [5.41, 5.74) is 3.20. The average molecular weight is 294 g/mol. The summed E-state index contributed by atoms with van der Waals surface area (Å²) in [6, 6.07) is 7.95. The Morgan fingerprint density at radius 3 is 2.45 bits per heavy atom. The van der Waals surface area contributed by atoms with Gasteiger partial charge in [-0.15, -0.1) is 0 Å². The van der Waals surface area contributed by atoms with Crippen LogP contribution in [0.1, 0.15) is 12.5 Å². The minimum Gasteiger partial charge on any atom is -0.493 e. The van der Waals surface area contributed by atoms with Crippen molar-refractivity contribution >= 4 is 11.5 Å². The maximum atomic E-state index is 6.04. The van der Waals surface area contributed by atoms with E-state index in [1.54, 1.807) is 0 Å². The predicted molar refractivity (Wildman–Crippen MR) is 89.1 cm³/mol. The molecule has 0 unspecified atom stereocenters. The predicted octanol–water partition coefficient (Wildman–Crippen LogP) is 3.55. The first-order valence-electron chi connectivity index (χ1n) is 7.45. The average Bonchev–Trinajstić information content (AvgIpc) is 2.55. The van der Waals surface area contributed by atoms with Gasteiger partial charge in [-0.25, -0.2) is 4.58 Å². The Balaban J connectivity index is 2.02. The van der Waals surface area contributed by atoms with Gasteiger partial charge in [0.2, 0.25) is 0 Å². The van der Waals surface area contributed by atoms with E-state index in [2.05, 4.69) is 28.9 Å².